The van der Waals surface area contributed by atoms with E-state index >= 15 is 0 Å². The lowest BCUT2D eigenvalue weighted by Gasteiger charge is -2.24. The molecule has 0 aromatic rings. The first kappa shape index (κ1) is 16.7. The number of rotatable bonds is 5. The van der Waals surface area contributed by atoms with Crippen LogP contribution in [0, 0.1) is 11.3 Å². The van der Waals surface area contributed by atoms with Crippen LogP contribution in [0.4, 0.5) is 0 Å². The number of halogens is 1. The number of hydrogen-bond acceptors (Lipinski definition) is 2. The molecule has 17 heavy (non-hydrogen) atoms. The summed E-state index contributed by atoms with van der Waals surface area (Å²) in [5, 5.41) is 3.00. The van der Waals surface area contributed by atoms with Crippen LogP contribution >= 0.6 is 12.4 Å². The highest BCUT2D eigenvalue weighted by Gasteiger charge is 2.25. The number of amides is 1. The third kappa shape index (κ3) is 5.73. The Kier molecular flexibility index (Phi) is 7.80. The van der Waals surface area contributed by atoms with Crippen molar-refractivity contribution in [1.29, 1.82) is 0 Å². The summed E-state index contributed by atoms with van der Waals surface area (Å²) in [4.78, 5) is 11.7. The molecule has 0 aromatic carbocycles. The maximum atomic E-state index is 11.7. The molecule has 1 fully saturated rings. The first-order chi connectivity index (χ1) is 7.56. The van der Waals surface area contributed by atoms with Gasteiger partial charge >= 0.3 is 0 Å². The molecule has 0 aromatic heterocycles. The van der Waals surface area contributed by atoms with Crippen molar-refractivity contribution in [2.75, 3.05) is 13.1 Å². The van der Waals surface area contributed by atoms with Crippen LogP contribution in [0.5, 0.6) is 0 Å². The fourth-order valence-corrected chi connectivity index (χ4v) is 2.20. The van der Waals surface area contributed by atoms with Crippen molar-refractivity contribution in [2.45, 2.75) is 52.4 Å². The summed E-state index contributed by atoms with van der Waals surface area (Å²) in [6.45, 7) is 5.00. The molecular formula is C13H27ClN2O. The van der Waals surface area contributed by atoms with E-state index in [0.717, 1.165) is 18.9 Å². The van der Waals surface area contributed by atoms with E-state index in [4.69, 9.17) is 5.73 Å². The lowest BCUT2D eigenvalue weighted by Crippen LogP contribution is -2.42. The quantitative estimate of drug-likeness (QED) is 0.800. The molecule has 3 N–H and O–H groups in total. The third-order valence-corrected chi connectivity index (χ3v) is 3.69. The molecule has 4 heteroatoms. The van der Waals surface area contributed by atoms with Gasteiger partial charge in [0.15, 0.2) is 0 Å². The molecule has 1 rings (SSSR count). The summed E-state index contributed by atoms with van der Waals surface area (Å²) < 4.78 is 0. The van der Waals surface area contributed by atoms with E-state index in [1.807, 2.05) is 13.8 Å². The second-order valence-electron chi connectivity index (χ2n) is 5.64. The Hall–Kier alpha value is -0.280. The smallest absolute Gasteiger partial charge is 0.226 e. The van der Waals surface area contributed by atoms with Crippen LogP contribution < -0.4 is 11.1 Å². The maximum absolute atomic E-state index is 11.7. The largest absolute Gasteiger partial charge is 0.356 e. The number of hydrogen-bond donors (Lipinski definition) is 2. The SMILES string of the molecule is CC(C)(CN)C(=O)NCCC1CCCCC1.Cl. The first-order valence-corrected chi connectivity index (χ1v) is 6.54. The van der Waals surface area contributed by atoms with Gasteiger partial charge in [-0.05, 0) is 26.2 Å². The summed E-state index contributed by atoms with van der Waals surface area (Å²) in [6, 6.07) is 0. The number of carbonyl (C=O) groups excluding carboxylic acids is 1. The van der Waals surface area contributed by atoms with Crippen molar-refractivity contribution < 1.29 is 4.79 Å². The third-order valence-electron chi connectivity index (χ3n) is 3.69. The van der Waals surface area contributed by atoms with Gasteiger partial charge in [-0.2, -0.15) is 0 Å². The van der Waals surface area contributed by atoms with Crippen molar-refractivity contribution in [3.63, 3.8) is 0 Å². The summed E-state index contributed by atoms with van der Waals surface area (Å²) in [6.07, 6.45) is 7.95. The van der Waals surface area contributed by atoms with E-state index in [9.17, 15) is 4.79 Å². The van der Waals surface area contributed by atoms with E-state index in [0.29, 0.717) is 6.54 Å². The van der Waals surface area contributed by atoms with Crippen molar-refractivity contribution in [2.24, 2.45) is 17.1 Å². The van der Waals surface area contributed by atoms with E-state index in [1.54, 1.807) is 0 Å². The van der Waals surface area contributed by atoms with Crippen LogP contribution in [0.15, 0.2) is 0 Å². The molecule has 0 unspecified atom stereocenters. The summed E-state index contributed by atoms with van der Waals surface area (Å²) in [5.41, 5.74) is 5.14. The topological polar surface area (TPSA) is 55.1 Å². The van der Waals surface area contributed by atoms with Gasteiger partial charge in [-0.15, -0.1) is 12.4 Å². The zero-order valence-electron chi connectivity index (χ0n) is 11.1. The highest BCUT2D eigenvalue weighted by atomic mass is 35.5. The van der Waals surface area contributed by atoms with Crippen LogP contribution in [0.1, 0.15) is 52.4 Å². The predicted octanol–water partition coefficient (Wildman–Crippen LogP) is 2.48. The minimum atomic E-state index is -0.424. The van der Waals surface area contributed by atoms with Crippen LogP contribution in [-0.4, -0.2) is 19.0 Å². The Morgan fingerprint density at radius 2 is 1.88 bits per heavy atom. The van der Waals surface area contributed by atoms with E-state index < -0.39 is 5.41 Å². The Balaban J connectivity index is 0.00000256. The minimum Gasteiger partial charge on any atom is -0.356 e. The predicted molar refractivity (Wildman–Crippen MR) is 74.3 cm³/mol. The average Bonchev–Trinajstić information content (AvgIpc) is 2.30. The molecule has 0 atom stereocenters. The molecule has 0 bridgehead atoms. The van der Waals surface area contributed by atoms with Crippen molar-refractivity contribution >= 4 is 18.3 Å². The van der Waals surface area contributed by atoms with E-state index in [1.165, 1.54) is 32.1 Å². The normalized spacial score (nSPS) is 17.4. The zero-order chi connectivity index (χ0) is 12.0. The molecule has 0 saturated heterocycles. The summed E-state index contributed by atoms with van der Waals surface area (Å²) >= 11 is 0. The molecule has 1 aliphatic rings. The van der Waals surface area contributed by atoms with Crippen LogP contribution in [-0.2, 0) is 4.79 Å². The van der Waals surface area contributed by atoms with Gasteiger partial charge in [0.2, 0.25) is 5.91 Å². The second-order valence-corrected chi connectivity index (χ2v) is 5.64. The molecular weight excluding hydrogens is 236 g/mol. The number of carbonyl (C=O) groups is 1. The molecule has 0 aliphatic heterocycles. The Bertz CT molecular complexity index is 225. The fourth-order valence-electron chi connectivity index (χ4n) is 2.20. The Morgan fingerprint density at radius 1 is 1.29 bits per heavy atom. The standard InChI is InChI=1S/C13H26N2O.ClH/c1-13(2,10-14)12(16)15-9-8-11-6-4-3-5-7-11;/h11H,3-10,14H2,1-2H3,(H,15,16);1H. The monoisotopic (exact) mass is 262 g/mol. The molecule has 0 heterocycles. The first-order valence-electron chi connectivity index (χ1n) is 6.54. The molecule has 102 valence electrons. The van der Waals surface area contributed by atoms with E-state index in [-0.39, 0.29) is 18.3 Å². The second kappa shape index (κ2) is 7.93. The Morgan fingerprint density at radius 3 is 2.41 bits per heavy atom. The van der Waals surface area contributed by atoms with Crippen molar-refractivity contribution in [3.8, 4) is 0 Å². The van der Waals surface area contributed by atoms with Gasteiger partial charge in [-0.3, -0.25) is 4.79 Å². The summed E-state index contributed by atoms with van der Waals surface area (Å²) in [7, 11) is 0. The lowest BCUT2D eigenvalue weighted by molar-refractivity contribution is -0.128. The number of nitrogens with two attached hydrogens (primary N) is 1. The van der Waals surface area contributed by atoms with Gasteiger partial charge in [-0.1, -0.05) is 32.1 Å². The molecule has 1 amide bonds. The van der Waals surface area contributed by atoms with Gasteiger partial charge in [-0.25, -0.2) is 0 Å². The highest BCUT2D eigenvalue weighted by molar-refractivity contribution is 5.85. The van der Waals surface area contributed by atoms with Gasteiger partial charge < -0.3 is 11.1 Å². The minimum absolute atomic E-state index is 0. The number of nitrogens with one attached hydrogen (secondary N) is 1. The summed E-state index contributed by atoms with van der Waals surface area (Å²) in [5.74, 6) is 0.917. The fraction of sp³-hybridized carbons (Fsp3) is 0.923. The Labute approximate surface area is 111 Å². The van der Waals surface area contributed by atoms with Gasteiger partial charge in [0.05, 0.1) is 5.41 Å². The van der Waals surface area contributed by atoms with Gasteiger partial charge in [0.25, 0.3) is 0 Å². The average molecular weight is 263 g/mol. The zero-order valence-corrected chi connectivity index (χ0v) is 11.9. The van der Waals surface area contributed by atoms with E-state index in [2.05, 4.69) is 5.32 Å². The molecule has 3 nitrogen and oxygen atoms in total. The van der Waals surface area contributed by atoms with Crippen molar-refractivity contribution in [3.05, 3.63) is 0 Å². The maximum Gasteiger partial charge on any atom is 0.226 e. The van der Waals surface area contributed by atoms with Crippen LogP contribution in [0.25, 0.3) is 0 Å². The van der Waals surface area contributed by atoms with Gasteiger partial charge in [0.1, 0.15) is 0 Å². The molecule has 0 radical (unpaired) electrons. The highest BCUT2D eigenvalue weighted by Crippen LogP contribution is 2.25. The molecule has 1 aliphatic carbocycles. The van der Waals surface area contributed by atoms with Crippen molar-refractivity contribution in [1.82, 2.24) is 5.32 Å². The molecule has 1 saturated carbocycles. The lowest BCUT2D eigenvalue weighted by atomic mass is 9.87. The van der Waals surface area contributed by atoms with Gasteiger partial charge in [0, 0.05) is 13.1 Å². The molecule has 0 spiro atoms. The van der Waals surface area contributed by atoms with Crippen LogP contribution in [0.3, 0.4) is 0 Å². The van der Waals surface area contributed by atoms with Crippen LogP contribution in [0.2, 0.25) is 0 Å².